The third-order valence-corrected chi connectivity index (χ3v) is 8.33. The normalized spacial score (nSPS) is 11.6. The van der Waals surface area contributed by atoms with E-state index >= 15 is 0 Å². The highest BCUT2D eigenvalue weighted by Gasteiger charge is 2.24. The molecule has 3 aromatic heterocycles. The van der Waals surface area contributed by atoms with Crippen LogP contribution >= 0.6 is 11.3 Å². The fraction of sp³-hybridized carbons (Fsp3) is 0.0714. The summed E-state index contributed by atoms with van der Waals surface area (Å²) in [5.74, 6) is -1.87. The first kappa shape index (κ1) is 27.8. The maximum absolute atomic E-state index is 14.0. The molecule has 0 spiro atoms. The molecule has 0 amide bonds. The number of aromatic nitrogens is 3. The topological polar surface area (TPSA) is 127 Å². The number of sulfonamides is 1. The molecule has 0 aliphatic rings. The van der Waals surface area contributed by atoms with Crippen LogP contribution in [0.5, 0.6) is 11.5 Å². The van der Waals surface area contributed by atoms with Gasteiger partial charge in [0.2, 0.25) is 0 Å². The van der Waals surface area contributed by atoms with Gasteiger partial charge in [0.1, 0.15) is 0 Å². The summed E-state index contributed by atoms with van der Waals surface area (Å²) in [6.07, 6.45) is 4.25. The number of benzene rings is 2. The number of aliphatic imine (C=N–C) groups is 1. The Morgan fingerprint density at radius 3 is 2.59 bits per heavy atom. The molecule has 41 heavy (non-hydrogen) atoms. The lowest BCUT2D eigenvalue weighted by atomic mass is 10.1. The number of aryl methyl sites for hydroxylation is 1. The lowest BCUT2D eigenvalue weighted by Crippen LogP contribution is -2.15. The van der Waals surface area contributed by atoms with Crippen molar-refractivity contribution in [2.45, 2.75) is 11.9 Å². The zero-order valence-electron chi connectivity index (χ0n) is 21.5. The standard InChI is InChI=1S/C28H21F2N5O4S2/c1-16-12-19(32-14-18-6-5-8-23(39-2)25(18)36)15-33-27(16)41(37,38)35-28-34-24(17-9-10-20(29)21(30)13-17)26(40-28)22-7-3-4-11-31-22/h3-15,36H,1-2H3,(H,34,35). The number of nitrogens with zero attached hydrogens (tertiary/aromatic N) is 4. The summed E-state index contributed by atoms with van der Waals surface area (Å²) in [7, 11) is -2.77. The van der Waals surface area contributed by atoms with Gasteiger partial charge in [0, 0.05) is 23.5 Å². The molecule has 208 valence electrons. The molecule has 9 nitrogen and oxygen atoms in total. The van der Waals surface area contributed by atoms with Gasteiger partial charge in [-0.15, -0.1) is 0 Å². The Balaban J connectivity index is 1.45. The quantitative estimate of drug-likeness (QED) is 0.208. The monoisotopic (exact) mass is 593 g/mol. The summed E-state index contributed by atoms with van der Waals surface area (Å²) in [6.45, 7) is 1.57. The number of methoxy groups -OCH3 is 1. The largest absolute Gasteiger partial charge is 0.504 e. The first-order valence-corrected chi connectivity index (χ1v) is 14.2. The smallest absolute Gasteiger partial charge is 0.281 e. The summed E-state index contributed by atoms with van der Waals surface area (Å²) >= 11 is 0.993. The minimum atomic E-state index is -4.20. The molecule has 0 saturated heterocycles. The number of hydrogen-bond donors (Lipinski definition) is 2. The highest BCUT2D eigenvalue weighted by atomic mass is 32.2. The number of hydrogen-bond acceptors (Lipinski definition) is 9. The number of anilines is 1. The molecule has 0 aliphatic heterocycles. The number of nitrogens with one attached hydrogen (secondary N) is 1. The van der Waals surface area contributed by atoms with Crippen molar-refractivity contribution in [1.29, 1.82) is 0 Å². The lowest BCUT2D eigenvalue weighted by Gasteiger charge is -2.08. The van der Waals surface area contributed by atoms with Crippen molar-refractivity contribution in [3.8, 4) is 33.3 Å². The average Bonchev–Trinajstić information content (AvgIpc) is 3.37. The summed E-state index contributed by atoms with van der Waals surface area (Å²) in [6, 6.07) is 15.0. The van der Waals surface area contributed by atoms with E-state index in [1.54, 1.807) is 49.5 Å². The van der Waals surface area contributed by atoms with E-state index in [0.29, 0.717) is 27.4 Å². The van der Waals surface area contributed by atoms with Crippen LogP contribution in [0, 0.1) is 18.6 Å². The summed E-state index contributed by atoms with van der Waals surface area (Å²) in [5.41, 5.74) is 2.05. The van der Waals surface area contributed by atoms with Crippen molar-refractivity contribution in [2.75, 3.05) is 11.8 Å². The summed E-state index contributed by atoms with van der Waals surface area (Å²) < 4.78 is 61.7. The fourth-order valence-electron chi connectivity index (χ4n) is 3.89. The maximum atomic E-state index is 14.0. The molecule has 2 N–H and O–H groups in total. The highest BCUT2D eigenvalue weighted by Crippen LogP contribution is 2.39. The van der Waals surface area contributed by atoms with Crippen LogP contribution < -0.4 is 9.46 Å². The summed E-state index contributed by atoms with van der Waals surface area (Å²) in [5, 5.41) is 9.98. The summed E-state index contributed by atoms with van der Waals surface area (Å²) in [4.78, 5) is 17.5. The van der Waals surface area contributed by atoms with Crippen LogP contribution in [0.25, 0.3) is 21.8 Å². The third kappa shape index (κ3) is 5.90. The van der Waals surface area contributed by atoms with Gasteiger partial charge in [-0.25, -0.2) is 18.7 Å². The molecule has 5 aromatic rings. The average molecular weight is 594 g/mol. The minimum absolute atomic E-state index is 0.0119. The van der Waals surface area contributed by atoms with E-state index in [2.05, 4.69) is 24.7 Å². The Kier molecular flexibility index (Phi) is 7.72. The van der Waals surface area contributed by atoms with Crippen molar-refractivity contribution < 1.29 is 27.0 Å². The van der Waals surface area contributed by atoms with Crippen molar-refractivity contribution >= 4 is 38.4 Å². The van der Waals surface area contributed by atoms with Crippen LogP contribution in [0.3, 0.4) is 0 Å². The van der Waals surface area contributed by atoms with E-state index in [1.807, 2.05) is 0 Å². The molecule has 3 heterocycles. The molecule has 0 saturated carbocycles. The predicted octanol–water partition coefficient (Wildman–Crippen LogP) is 6.12. The van der Waals surface area contributed by atoms with Gasteiger partial charge < -0.3 is 9.84 Å². The van der Waals surface area contributed by atoms with Crippen LogP contribution in [0.15, 0.2) is 83.1 Å². The van der Waals surface area contributed by atoms with Crippen molar-refractivity contribution in [3.63, 3.8) is 0 Å². The molecule has 0 aliphatic carbocycles. The van der Waals surface area contributed by atoms with Crippen LogP contribution in [-0.4, -0.2) is 41.8 Å². The third-order valence-electron chi connectivity index (χ3n) is 5.81. The number of rotatable bonds is 8. The van der Waals surface area contributed by atoms with E-state index in [9.17, 15) is 22.3 Å². The highest BCUT2D eigenvalue weighted by molar-refractivity contribution is 7.92. The predicted molar refractivity (Wildman–Crippen MR) is 152 cm³/mol. The van der Waals surface area contributed by atoms with Gasteiger partial charge in [0.25, 0.3) is 10.0 Å². The van der Waals surface area contributed by atoms with E-state index in [1.165, 1.54) is 31.7 Å². The van der Waals surface area contributed by atoms with Gasteiger partial charge in [0.05, 0.1) is 35.3 Å². The Morgan fingerprint density at radius 1 is 1.05 bits per heavy atom. The molecule has 0 bridgehead atoms. The van der Waals surface area contributed by atoms with E-state index < -0.39 is 21.7 Å². The van der Waals surface area contributed by atoms with Crippen LogP contribution in [0.2, 0.25) is 0 Å². The second kappa shape index (κ2) is 11.4. The first-order valence-electron chi connectivity index (χ1n) is 11.9. The number of aromatic hydroxyl groups is 1. The van der Waals surface area contributed by atoms with E-state index in [0.717, 1.165) is 23.5 Å². The zero-order chi connectivity index (χ0) is 29.1. The van der Waals surface area contributed by atoms with Gasteiger partial charge in [-0.05, 0) is 61.0 Å². The Labute approximate surface area is 237 Å². The van der Waals surface area contributed by atoms with Crippen molar-refractivity contribution in [2.24, 2.45) is 4.99 Å². The number of para-hydroxylation sites is 1. The molecule has 0 unspecified atom stereocenters. The second-order valence-electron chi connectivity index (χ2n) is 8.62. The lowest BCUT2D eigenvalue weighted by molar-refractivity contribution is 0.373. The second-order valence-corrected chi connectivity index (χ2v) is 11.2. The Hall–Kier alpha value is -4.75. The van der Waals surface area contributed by atoms with Crippen LogP contribution in [-0.2, 0) is 10.0 Å². The Bertz CT molecular complexity index is 1880. The molecule has 0 fully saturated rings. The van der Waals surface area contributed by atoms with E-state index in [4.69, 9.17) is 4.74 Å². The number of pyridine rings is 2. The number of ether oxygens (including phenoxy) is 1. The number of phenols is 1. The molecule has 13 heteroatoms. The van der Waals surface area contributed by atoms with E-state index in [-0.39, 0.29) is 32.9 Å². The molecular weight excluding hydrogens is 572 g/mol. The van der Waals surface area contributed by atoms with Gasteiger partial charge in [0.15, 0.2) is 33.3 Å². The molecule has 5 rings (SSSR count). The molecule has 0 atom stereocenters. The first-order chi connectivity index (χ1) is 19.7. The van der Waals surface area contributed by atoms with Gasteiger partial charge in [-0.2, -0.15) is 8.42 Å². The molecule has 2 aromatic carbocycles. The van der Waals surface area contributed by atoms with Gasteiger partial charge >= 0.3 is 0 Å². The van der Waals surface area contributed by atoms with Crippen LogP contribution in [0.4, 0.5) is 19.6 Å². The van der Waals surface area contributed by atoms with Gasteiger partial charge in [-0.1, -0.05) is 23.5 Å². The Morgan fingerprint density at radius 2 is 1.88 bits per heavy atom. The zero-order valence-corrected chi connectivity index (χ0v) is 23.2. The number of halogens is 2. The van der Waals surface area contributed by atoms with Crippen LogP contribution in [0.1, 0.15) is 11.1 Å². The molecule has 0 radical (unpaired) electrons. The van der Waals surface area contributed by atoms with Crippen molar-refractivity contribution in [3.05, 3.63) is 95.8 Å². The van der Waals surface area contributed by atoms with Crippen molar-refractivity contribution in [1.82, 2.24) is 15.0 Å². The number of thiazole rings is 1. The SMILES string of the molecule is COc1cccc(C=Nc2cnc(S(=O)(=O)Nc3nc(-c4ccc(F)c(F)c4)c(-c4ccccn4)s3)c(C)c2)c1O. The molecular formula is C28H21F2N5O4S2. The fourth-order valence-corrected chi connectivity index (χ4v) is 6.25. The minimum Gasteiger partial charge on any atom is -0.504 e. The van der Waals surface area contributed by atoms with Gasteiger partial charge in [-0.3, -0.25) is 14.7 Å². The maximum Gasteiger partial charge on any atom is 0.281 e. The number of phenolic OH excluding ortho intramolecular Hbond substituents is 1.